The molecule has 0 atom stereocenters. The third-order valence-corrected chi connectivity index (χ3v) is 9.21. The number of nitrogen functional groups attached to an aromatic ring is 1. The van der Waals surface area contributed by atoms with Gasteiger partial charge >= 0.3 is 12.1 Å². The van der Waals surface area contributed by atoms with Crippen LogP contribution >= 0.6 is 46.3 Å². The molecule has 34 heavy (non-hydrogen) atoms. The largest absolute Gasteiger partial charge is 0.490 e. The zero-order chi connectivity index (χ0) is 25.8. The number of thioether (sulfide) groups is 1. The van der Waals surface area contributed by atoms with Crippen LogP contribution in [-0.4, -0.2) is 37.8 Å². The molecule has 0 saturated heterocycles. The molecule has 1 aromatic heterocycles. The summed E-state index contributed by atoms with van der Waals surface area (Å²) in [6, 6.07) is 13.2. The van der Waals surface area contributed by atoms with Crippen molar-refractivity contribution in [2.45, 2.75) is 20.2 Å². The first-order chi connectivity index (χ1) is 15.7. The summed E-state index contributed by atoms with van der Waals surface area (Å²) >= 11 is 14.9. The van der Waals surface area contributed by atoms with E-state index in [2.05, 4.69) is 0 Å². The maximum Gasteiger partial charge on any atom is 0.490 e. The zero-order valence-electron chi connectivity index (χ0n) is 17.0. The van der Waals surface area contributed by atoms with Crippen LogP contribution in [0, 0.1) is 5.41 Å². The highest BCUT2D eigenvalue weighted by Crippen LogP contribution is 2.39. The molecule has 4 N–H and O–H groups in total. The second kappa shape index (κ2) is 11.0. The van der Waals surface area contributed by atoms with E-state index in [9.17, 15) is 21.6 Å². The number of thiophene rings is 1. The lowest BCUT2D eigenvalue weighted by atomic mass is 10.1. The standard InChI is InChI=1S/C18H14Cl2N2O2S3.C2HF3O2/c1-25-18-15(9-14(26-18)17(21)22)27(23,24)11-5-2-4-10(8-11)12-6-3-7-13(19)16(12)20;3-2(4,5)1(6)7/h2-9H,1H3,(H3,21,22);(H,6,7). The van der Waals surface area contributed by atoms with Crippen LogP contribution in [0.25, 0.3) is 11.1 Å². The van der Waals surface area contributed by atoms with Crippen molar-refractivity contribution in [3.8, 4) is 11.1 Å². The Kier molecular flexibility index (Phi) is 9.05. The van der Waals surface area contributed by atoms with E-state index in [0.29, 0.717) is 30.3 Å². The molecule has 0 aliphatic carbocycles. The lowest BCUT2D eigenvalue weighted by Gasteiger charge is -2.09. The van der Waals surface area contributed by atoms with Crippen LogP contribution in [0.5, 0.6) is 0 Å². The van der Waals surface area contributed by atoms with E-state index in [1.807, 2.05) is 0 Å². The number of carboxylic acids is 1. The van der Waals surface area contributed by atoms with Crippen LogP contribution in [-0.2, 0) is 14.6 Å². The molecule has 0 aliphatic heterocycles. The Morgan fingerprint density at radius 3 is 2.26 bits per heavy atom. The van der Waals surface area contributed by atoms with Gasteiger partial charge in [-0.2, -0.15) is 13.2 Å². The Bertz CT molecular complexity index is 1340. The summed E-state index contributed by atoms with van der Waals surface area (Å²) in [5.74, 6) is -2.91. The van der Waals surface area contributed by atoms with Crippen LogP contribution in [0.3, 0.4) is 0 Å². The Morgan fingerprint density at radius 2 is 1.74 bits per heavy atom. The molecule has 182 valence electrons. The molecule has 1 heterocycles. The quantitative estimate of drug-likeness (QED) is 0.191. The second-order valence-corrected chi connectivity index (χ2v) is 11.1. The molecular formula is C20H15Cl2F3N2O4S3. The number of rotatable bonds is 5. The van der Waals surface area contributed by atoms with Gasteiger partial charge in [0.05, 0.1) is 28.9 Å². The van der Waals surface area contributed by atoms with Gasteiger partial charge in [-0.3, -0.25) is 5.41 Å². The fourth-order valence-electron chi connectivity index (χ4n) is 2.50. The SMILES string of the molecule is CSc1sc(C(=N)N)cc1S(=O)(=O)c1cccc(-c2cccc(Cl)c2Cl)c1.O=C(O)C(F)(F)F. The topological polar surface area (TPSA) is 121 Å². The van der Waals surface area contributed by atoms with Crippen molar-refractivity contribution < 1.29 is 31.5 Å². The zero-order valence-corrected chi connectivity index (χ0v) is 20.9. The van der Waals surface area contributed by atoms with Gasteiger partial charge in [0.1, 0.15) is 5.84 Å². The van der Waals surface area contributed by atoms with E-state index in [0.717, 1.165) is 0 Å². The molecule has 3 rings (SSSR count). The van der Waals surface area contributed by atoms with Crippen LogP contribution in [0.2, 0.25) is 10.0 Å². The number of nitrogens with one attached hydrogen (secondary N) is 1. The number of alkyl halides is 3. The summed E-state index contributed by atoms with van der Waals surface area (Å²) in [5.41, 5.74) is 6.83. The van der Waals surface area contributed by atoms with Crippen molar-refractivity contribution in [2.75, 3.05) is 6.26 Å². The lowest BCUT2D eigenvalue weighted by Crippen LogP contribution is -2.21. The number of benzene rings is 2. The van der Waals surface area contributed by atoms with Crippen LogP contribution in [0.1, 0.15) is 4.88 Å². The Balaban J connectivity index is 0.000000509. The molecule has 0 fully saturated rings. The lowest BCUT2D eigenvalue weighted by molar-refractivity contribution is -0.192. The van der Waals surface area contributed by atoms with E-state index >= 15 is 0 Å². The second-order valence-electron chi connectivity index (χ2n) is 6.32. The number of hydrogen-bond acceptors (Lipinski definition) is 6. The van der Waals surface area contributed by atoms with Crippen molar-refractivity contribution in [1.29, 1.82) is 5.41 Å². The van der Waals surface area contributed by atoms with E-state index in [4.69, 9.17) is 44.2 Å². The maximum atomic E-state index is 13.2. The van der Waals surface area contributed by atoms with Crippen LogP contribution < -0.4 is 5.73 Å². The van der Waals surface area contributed by atoms with Crippen molar-refractivity contribution in [1.82, 2.24) is 0 Å². The number of halogens is 5. The smallest absolute Gasteiger partial charge is 0.475 e. The van der Waals surface area contributed by atoms with Crippen LogP contribution in [0.4, 0.5) is 13.2 Å². The van der Waals surface area contributed by atoms with Gasteiger partial charge in [0.15, 0.2) is 0 Å². The maximum absolute atomic E-state index is 13.2. The molecule has 6 nitrogen and oxygen atoms in total. The molecule has 14 heteroatoms. The number of carbonyl (C=O) groups is 1. The molecular weight excluding hydrogens is 556 g/mol. The van der Waals surface area contributed by atoms with Gasteiger partial charge < -0.3 is 10.8 Å². The molecule has 0 bridgehead atoms. The Labute approximate surface area is 210 Å². The van der Waals surface area contributed by atoms with Crippen molar-refractivity contribution in [3.05, 3.63) is 63.5 Å². The van der Waals surface area contributed by atoms with Gasteiger partial charge in [0.2, 0.25) is 9.84 Å². The van der Waals surface area contributed by atoms with E-state index in [1.165, 1.54) is 35.2 Å². The van der Waals surface area contributed by atoms with Crippen molar-refractivity contribution >= 4 is 67.9 Å². The highest BCUT2D eigenvalue weighted by Gasteiger charge is 2.38. The number of amidine groups is 1. The first-order valence-corrected chi connectivity index (χ1v) is 13.1. The van der Waals surface area contributed by atoms with Crippen LogP contribution in [0.15, 0.2) is 62.5 Å². The highest BCUT2D eigenvalue weighted by molar-refractivity contribution is 8.01. The number of sulfone groups is 1. The van der Waals surface area contributed by atoms with E-state index in [-0.39, 0.29) is 15.6 Å². The fourth-order valence-corrected chi connectivity index (χ4v) is 6.82. The Hall–Kier alpha value is -2.25. The van der Waals surface area contributed by atoms with Gasteiger partial charge in [-0.25, -0.2) is 13.2 Å². The molecule has 0 amide bonds. The average Bonchev–Trinajstić information content (AvgIpc) is 3.21. The molecule has 3 aromatic rings. The number of nitrogens with two attached hydrogens (primary N) is 1. The van der Waals surface area contributed by atoms with Gasteiger partial charge in [-0.05, 0) is 36.1 Å². The number of hydrogen-bond donors (Lipinski definition) is 3. The number of carboxylic acid groups (broad SMARTS) is 1. The van der Waals surface area contributed by atoms with Gasteiger partial charge in [0.25, 0.3) is 0 Å². The summed E-state index contributed by atoms with van der Waals surface area (Å²) in [6.07, 6.45) is -3.29. The van der Waals surface area contributed by atoms with Gasteiger partial charge in [-0.15, -0.1) is 23.1 Å². The Morgan fingerprint density at radius 1 is 1.15 bits per heavy atom. The minimum absolute atomic E-state index is 0.138. The summed E-state index contributed by atoms with van der Waals surface area (Å²) in [5, 5.41) is 15.5. The fraction of sp³-hybridized carbons (Fsp3) is 0.100. The summed E-state index contributed by atoms with van der Waals surface area (Å²) < 4.78 is 58.7. The average molecular weight is 571 g/mol. The monoisotopic (exact) mass is 570 g/mol. The predicted molar refractivity (Wildman–Crippen MR) is 128 cm³/mol. The predicted octanol–water partition coefficient (Wildman–Crippen LogP) is 6.19. The normalized spacial score (nSPS) is 11.5. The third-order valence-electron chi connectivity index (χ3n) is 4.06. The molecule has 0 radical (unpaired) electrons. The first-order valence-electron chi connectivity index (χ1n) is 8.82. The first kappa shape index (κ1) is 28.0. The van der Waals surface area contributed by atoms with E-state index < -0.39 is 22.0 Å². The van der Waals surface area contributed by atoms with Crippen molar-refractivity contribution in [3.63, 3.8) is 0 Å². The van der Waals surface area contributed by atoms with Gasteiger partial charge in [-0.1, -0.05) is 47.5 Å². The summed E-state index contributed by atoms with van der Waals surface area (Å²) in [6.45, 7) is 0. The molecule has 0 saturated carbocycles. The molecule has 0 unspecified atom stereocenters. The molecule has 0 spiro atoms. The highest BCUT2D eigenvalue weighted by atomic mass is 35.5. The third kappa shape index (κ3) is 6.45. The molecule has 2 aromatic carbocycles. The van der Waals surface area contributed by atoms with Crippen molar-refractivity contribution in [2.24, 2.45) is 5.73 Å². The van der Waals surface area contributed by atoms with Gasteiger partial charge in [0, 0.05) is 5.56 Å². The summed E-state index contributed by atoms with van der Waals surface area (Å²) in [4.78, 5) is 9.61. The minimum atomic E-state index is -5.08. The summed E-state index contributed by atoms with van der Waals surface area (Å²) in [7, 11) is -3.79. The minimum Gasteiger partial charge on any atom is -0.475 e. The molecule has 0 aliphatic rings. The van der Waals surface area contributed by atoms with E-state index in [1.54, 1.807) is 42.7 Å². The number of aliphatic carboxylic acids is 1.